The van der Waals surface area contributed by atoms with Crippen LogP contribution >= 0.6 is 23.4 Å². The number of anilines is 1. The Bertz CT molecular complexity index is 1370. The summed E-state index contributed by atoms with van der Waals surface area (Å²) in [5, 5.41) is 10.0. The number of furan rings is 1. The first-order valence-electron chi connectivity index (χ1n) is 11.7. The summed E-state index contributed by atoms with van der Waals surface area (Å²) in [5.41, 5.74) is 1.75. The fourth-order valence-corrected chi connectivity index (χ4v) is 5.25. The van der Waals surface area contributed by atoms with Gasteiger partial charge in [-0.3, -0.25) is 9.36 Å². The van der Waals surface area contributed by atoms with Crippen molar-refractivity contribution in [2.24, 2.45) is 0 Å². The Morgan fingerprint density at radius 3 is 2.57 bits per heavy atom. The summed E-state index contributed by atoms with van der Waals surface area (Å²) < 4.78 is 18.5. The number of nitrogens with zero attached hydrogens (tertiary/aromatic N) is 5. The molecule has 0 N–H and O–H groups in total. The number of thioether (sulfide) groups is 1. The van der Waals surface area contributed by atoms with Crippen LogP contribution in [-0.2, 0) is 4.79 Å². The van der Waals surface area contributed by atoms with Crippen LogP contribution in [0.25, 0.3) is 17.3 Å². The minimum Gasteiger partial charge on any atom is -0.497 e. The summed E-state index contributed by atoms with van der Waals surface area (Å²) in [7, 11) is 3.20. The number of rotatable bonds is 8. The van der Waals surface area contributed by atoms with E-state index in [2.05, 4.69) is 15.1 Å². The number of amides is 1. The summed E-state index contributed by atoms with van der Waals surface area (Å²) in [5.74, 6) is 2.58. The van der Waals surface area contributed by atoms with Gasteiger partial charge in [-0.15, -0.1) is 10.2 Å². The second kappa shape index (κ2) is 11.2. The Balaban J connectivity index is 1.33. The maximum Gasteiger partial charge on any atom is 0.233 e. The number of hydrogen-bond donors (Lipinski definition) is 0. The van der Waals surface area contributed by atoms with E-state index in [0.29, 0.717) is 52.0 Å². The monoisotopic (exact) mass is 539 g/mol. The largest absolute Gasteiger partial charge is 0.497 e. The number of hydrogen-bond acceptors (Lipinski definition) is 8. The van der Waals surface area contributed by atoms with Gasteiger partial charge < -0.3 is 23.7 Å². The number of halogens is 1. The Kier molecular flexibility index (Phi) is 7.57. The zero-order chi connectivity index (χ0) is 25.8. The molecule has 1 aliphatic heterocycles. The number of carbonyl (C=O) groups excluding carboxylic acids is 1. The molecule has 0 saturated carbocycles. The average Bonchev–Trinajstić information content (AvgIpc) is 3.61. The summed E-state index contributed by atoms with van der Waals surface area (Å²) in [4.78, 5) is 17.2. The lowest BCUT2D eigenvalue weighted by molar-refractivity contribution is -0.128. The van der Waals surface area contributed by atoms with Crippen molar-refractivity contribution in [3.8, 4) is 28.8 Å². The van der Waals surface area contributed by atoms with Crippen LogP contribution < -0.4 is 14.4 Å². The lowest BCUT2D eigenvalue weighted by atomic mass is 10.2. The van der Waals surface area contributed by atoms with E-state index in [9.17, 15) is 4.79 Å². The summed E-state index contributed by atoms with van der Waals surface area (Å²) in [6.07, 6.45) is 1.58. The van der Waals surface area contributed by atoms with E-state index in [4.69, 9.17) is 25.5 Å². The fraction of sp³-hybridized carbons (Fsp3) is 0.269. The highest BCUT2D eigenvalue weighted by Crippen LogP contribution is 2.35. The highest BCUT2D eigenvalue weighted by Gasteiger charge is 2.25. The number of carbonyl (C=O) groups is 1. The minimum atomic E-state index is 0.0439. The highest BCUT2D eigenvalue weighted by molar-refractivity contribution is 7.99. The Labute approximate surface area is 223 Å². The normalized spacial score (nSPS) is 13.6. The Morgan fingerprint density at radius 1 is 1.03 bits per heavy atom. The maximum atomic E-state index is 13.1. The van der Waals surface area contributed by atoms with Crippen molar-refractivity contribution in [3.63, 3.8) is 0 Å². The van der Waals surface area contributed by atoms with E-state index in [-0.39, 0.29) is 11.7 Å². The van der Waals surface area contributed by atoms with Crippen LogP contribution in [0.1, 0.15) is 0 Å². The van der Waals surface area contributed by atoms with Gasteiger partial charge >= 0.3 is 0 Å². The second-order valence-corrected chi connectivity index (χ2v) is 9.67. The molecule has 1 saturated heterocycles. The van der Waals surface area contributed by atoms with Crippen LogP contribution in [0, 0.1) is 0 Å². The molecule has 0 spiro atoms. The standard InChI is InChI=1S/C26H26ClN5O4S/c1-34-20-8-9-22(35-2)21(16-20)32-25(23-7-4-14-36-23)28-29-26(32)37-17-24(33)31-12-10-30(11-13-31)19-6-3-5-18(27)15-19/h3-9,14-16H,10-13,17H2,1-2H3. The highest BCUT2D eigenvalue weighted by atomic mass is 35.5. The van der Waals surface area contributed by atoms with Gasteiger partial charge in [-0.05, 0) is 42.5 Å². The zero-order valence-corrected chi connectivity index (χ0v) is 22.0. The van der Waals surface area contributed by atoms with E-state index in [0.717, 1.165) is 18.8 Å². The van der Waals surface area contributed by atoms with Gasteiger partial charge in [-0.1, -0.05) is 29.4 Å². The summed E-state index contributed by atoms with van der Waals surface area (Å²) in [6.45, 7) is 2.77. The topological polar surface area (TPSA) is 85.9 Å². The molecule has 9 nitrogen and oxygen atoms in total. The molecule has 11 heteroatoms. The molecule has 0 atom stereocenters. The van der Waals surface area contributed by atoms with Crippen LogP contribution in [0.5, 0.6) is 11.5 Å². The van der Waals surface area contributed by atoms with Crippen LogP contribution in [0.2, 0.25) is 5.02 Å². The molecule has 1 fully saturated rings. The van der Waals surface area contributed by atoms with Crippen molar-refractivity contribution in [2.75, 3.05) is 51.1 Å². The zero-order valence-electron chi connectivity index (χ0n) is 20.5. The molecular formula is C26H26ClN5O4S. The minimum absolute atomic E-state index is 0.0439. The van der Waals surface area contributed by atoms with Crippen LogP contribution in [-0.4, -0.2) is 71.7 Å². The number of piperazine rings is 1. The Morgan fingerprint density at radius 2 is 1.86 bits per heavy atom. The lowest BCUT2D eigenvalue weighted by Crippen LogP contribution is -2.49. The number of methoxy groups -OCH3 is 2. The molecule has 1 aliphatic rings. The maximum absolute atomic E-state index is 13.1. The molecule has 0 unspecified atom stereocenters. The van der Waals surface area contributed by atoms with Crippen LogP contribution in [0.15, 0.2) is 70.4 Å². The summed E-state index contributed by atoms with van der Waals surface area (Å²) in [6, 6.07) is 16.9. The third-order valence-electron chi connectivity index (χ3n) is 6.13. The first-order chi connectivity index (χ1) is 18.1. The number of benzene rings is 2. The smallest absolute Gasteiger partial charge is 0.233 e. The first kappa shape index (κ1) is 25.0. The van der Waals surface area contributed by atoms with Crippen molar-refractivity contribution < 1.29 is 18.7 Å². The second-order valence-electron chi connectivity index (χ2n) is 8.29. The predicted molar refractivity (Wildman–Crippen MR) is 143 cm³/mol. The van der Waals surface area contributed by atoms with Crippen molar-refractivity contribution in [2.45, 2.75) is 5.16 Å². The van der Waals surface area contributed by atoms with E-state index >= 15 is 0 Å². The third-order valence-corrected chi connectivity index (χ3v) is 7.28. The molecule has 37 heavy (non-hydrogen) atoms. The van der Waals surface area contributed by atoms with Crippen molar-refractivity contribution in [3.05, 3.63) is 65.9 Å². The average molecular weight is 540 g/mol. The molecule has 0 radical (unpaired) electrons. The van der Waals surface area contributed by atoms with Crippen LogP contribution in [0.3, 0.4) is 0 Å². The SMILES string of the molecule is COc1ccc(OC)c(-n2c(SCC(=O)N3CCN(c4cccc(Cl)c4)CC3)nnc2-c2ccco2)c1. The lowest BCUT2D eigenvalue weighted by Gasteiger charge is -2.36. The van der Waals surface area contributed by atoms with Crippen molar-refractivity contribution >= 4 is 35.0 Å². The van der Waals surface area contributed by atoms with Gasteiger partial charge in [0.25, 0.3) is 0 Å². The van der Waals surface area contributed by atoms with Crippen molar-refractivity contribution in [1.82, 2.24) is 19.7 Å². The van der Waals surface area contributed by atoms with Gasteiger partial charge in [0.15, 0.2) is 10.9 Å². The molecule has 2 aromatic heterocycles. The van der Waals surface area contributed by atoms with E-state index in [1.165, 1.54) is 11.8 Å². The molecule has 3 heterocycles. The van der Waals surface area contributed by atoms with Crippen LogP contribution in [0.4, 0.5) is 5.69 Å². The Hall–Kier alpha value is -3.63. The van der Waals surface area contributed by atoms with Gasteiger partial charge in [-0.2, -0.15) is 0 Å². The molecule has 5 rings (SSSR count). The van der Waals surface area contributed by atoms with Gasteiger partial charge in [0.1, 0.15) is 11.5 Å². The summed E-state index contributed by atoms with van der Waals surface area (Å²) >= 11 is 7.46. The van der Waals surface area contributed by atoms with E-state index in [1.807, 2.05) is 58.0 Å². The quantitative estimate of drug-likeness (QED) is 0.299. The van der Waals surface area contributed by atoms with Gasteiger partial charge in [0.05, 0.1) is 31.9 Å². The molecule has 1 amide bonds. The number of ether oxygens (including phenoxy) is 2. The first-order valence-corrected chi connectivity index (χ1v) is 13.1. The van der Waals surface area contributed by atoms with Gasteiger partial charge in [0.2, 0.25) is 11.7 Å². The van der Waals surface area contributed by atoms with E-state index in [1.54, 1.807) is 26.5 Å². The molecular weight excluding hydrogens is 514 g/mol. The fourth-order valence-electron chi connectivity index (χ4n) is 4.22. The van der Waals surface area contributed by atoms with E-state index < -0.39 is 0 Å². The molecule has 4 aromatic rings. The molecule has 2 aromatic carbocycles. The third kappa shape index (κ3) is 5.40. The molecule has 0 bridgehead atoms. The van der Waals surface area contributed by atoms with Gasteiger partial charge in [-0.25, -0.2) is 0 Å². The molecule has 0 aliphatic carbocycles. The number of aromatic nitrogens is 3. The van der Waals surface area contributed by atoms with Gasteiger partial charge in [0, 0.05) is 43.0 Å². The predicted octanol–water partition coefficient (Wildman–Crippen LogP) is 4.64. The van der Waals surface area contributed by atoms with Crippen molar-refractivity contribution in [1.29, 1.82) is 0 Å². The molecule has 192 valence electrons.